The lowest BCUT2D eigenvalue weighted by molar-refractivity contribution is -0.0470. The highest BCUT2D eigenvalue weighted by atomic mass is 19.3. The third-order valence-corrected chi connectivity index (χ3v) is 4.37. The lowest BCUT2D eigenvalue weighted by Crippen LogP contribution is -2.49. The maximum atomic E-state index is 12.6. The standard InChI is InChI=1S/C16H22F2N2O/c17-16(18)13-4-1-3-12(7-13)8-19-9-15-10-20-6-2-5-14(20)11-21-15/h1,3-4,7,14-16,19H,2,5-6,8-11H2. The Balaban J connectivity index is 1.44. The topological polar surface area (TPSA) is 24.5 Å². The van der Waals surface area contributed by atoms with Crippen molar-refractivity contribution in [3.05, 3.63) is 35.4 Å². The summed E-state index contributed by atoms with van der Waals surface area (Å²) in [5.74, 6) is 0. The molecule has 1 aromatic carbocycles. The summed E-state index contributed by atoms with van der Waals surface area (Å²) in [5.41, 5.74) is 0.978. The van der Waals surface area contributed by atoms with E-state index in [0.29, 0.717) is 12.6 Å². The fourth-order valence-corrected chi connectivity index (χ4v) is 3.23. The number of benzene rings is 1. The number of alkyl halides is 2. The Morgan fingerprint density at radius 1 is 1.38 bits per heavy atom. The molecule has 0 radical (unpaired) electrons. The van der Waals surface area contributed by atoms with E-state index >= 15 is 0 Å². The second-order valence-corrected chi connectivity index (χ2v) is 5.92. The van der Waals surface area contributed by atoms with Crippen molar-refractivity contribution in [2.24, 2.45) is 0 Å². The largest absolute Gasteiger partial charge is 0.374 e. The first kappa shape index (κ1) is 14.9. The zero-order valence-corrected chi connectivity index (χ0v) is 12.1. The van der Waals surface area contributed by atoms with Crippen LogP contribution in [-0.4, -0.2) is 43.3 Å². The molecular weight excluding hydrogens is 274 g/mol. The number of nitrogens with one attached hydrogen (secondary N) is 1. The lowest BCUT2D eigenvalue weighted by Gasteiger charge is -2.35. The van der Waals surface area contributed by atoms with Crippen LogP contribution >= 0.6 is 0 Å². The van der Waals surface area contributed by atoms with Crippen molar-refractivity contribution in [1.29, 1.82) is 0 Å². The van der Waals surface area contributed by atoms with E-state index in [-0.39, 0.29) is 11.7 Å². The third kappa shape index (κ3) is 3.78. The third-order valence-electron chi connectivity index (χ3n) is 4.37. The summed E-state index contributed by atoms with van der Waals surface area (Å²) in [6, 6.07) is 7.20. The number of nitrogens with zero attached hydrogens (tertiary/aromatic N) is 1. The average molecular weight is 296 g/mol. The van der Waals surface area contributed by atoms with Gasteiger partial charge in [0, 0.05) is 31.2 Å². The van der Waals surface area contributed by atoms with Gasteiger partial charge in [-0.3, -0.25) is 4.90 Å². The normalized spacial score (nSPS) is 26.2. The van der Waals surface area contributed by atoms with Gasteiger partial charge in [-0.25, -0.2) is 8.78 Å². The predicted molar refractivity (Wildman–Crippen MR) is 77.4 cm³/mol. The molecule has 2 heterocycles. The van der Waals surface area contributed by atoms with Gasteiger partial charge in [-0.15, -0.1) is 0 Å². The predicted octanol–water partition coefficient (Wildman–Crippen LogP) is 2.58. The molecule has 2 fully saturated rings. The fraction of sp³-hybridized carbons (Fsp3) is 0.625. The van der Waals surface area contributed by atoms with E-state index in [1.165, 1.54) is 25.5 Å². The van der Waals surface area contributed by atoms with E-state index in [1.807, 2.05) is 6.07 Å². The lowest BCUT2D eigenvalue weighted by atomic mass is 10.1. The number of morpholine rings is 1. The number of halogens is 2. The Kier molecular flexibility index (Phi) is 4.83. The van der Waals surface area contributed by atoms with E-state index < -0.39 is 6.43 Å². The van der Waals surface area contributed by atoms with Crippen LogP contribution in [0.25, 0.3) is 0 Å². The number of rotatable bonds is 5. The van der Waals surface area contributed by atoms with Gasteiger partial charge in [0.15, 0.2) is 0 Å². The molecule has 3 rings (SSSR count). The van der Waals surface area contributed by atoms with Gasteiger partial charge in [-0.2, -0.15) is 0 Å². The van der Waals surface area contributed by atoms with E-state index in [4.69, 9.17) is 4.74 Å². The summed E-state index contributed by atoms with van der Waals surface area (Å²) in [5, 5.41) is 3.32. The van der Waals surface area contributed by atoms with Gasteiger partial charge in [-0.05, 0) is 31.0 Å². The van der Waals surface area contributed by atoms with Gasteiger partial charge in [0.25, 0.3) is 6.43 Å². The number of ether oxygens (including phenoxy) is 1. The Morgan fingerprint density at radius 2 is 2.29 bits per heavy atom. The SMILES string of the molecule is FC(F)c1cccc(CNCC2CN3CCCC3CO2)c1. The summed E-state index contributed by atoms with van der Waals surface area (Å²) in [6.45, 7) is 4.36. The van der Waals surface area contributed by atoms with E-state index in [1.54, 1.807) is 12.1 Å². The van der Waals surface area contributed by atoms with Gasteiger partial charge in [0.2, 0.25) is 0 Å². The minimum Gasteiger partial charge on any atom is -0.374 e. The molecule has 2 saturated heterocycles. The molecule has 116 valence electrons. The smallest absolute Gasteiger partial charge is 0.263 e. The maximum absolute atomic E-state index is 12.6. The summed E-state index contributed by atoms with van der Waals surface area (Å²) in [4.78, 5) is 2.51. The van der Waals surface area contributed by atoms with Crippen molar-refractivity contribution in [2.75, 3.05) is 26.2 Å². The second-order valence-electron chi connectivity index (χ2n) is 5.92. The van der Waals surface area contributed by atoms with Crippen molar-refractivity contribution < 1.29 is 13.5 Å². The molecule has 0 saturated carbocycles. The molecule has 0 aromatic heterocycles. The first-order valence-electron chi connectivity index (χ1n) is 7.66. The van der Waals surface area contributed by atoms with Crippen molar-refractivity contribution in [2.45, 2.75) is 38.0 Å². The molecule has 3 nitrogen and oxygen atoms in total. The second kappa shape index (κ2) is 6.81. The van der Waals surface area contributed by atoms with Gasteiger partial charge in [0.05, 0.1) is 12.7 Å². The first-order chi connectivity index (χ1) is 10.2. The van der Waals surface area contributed by atoms with Crippen LogP contribution in [0.2, 0.25) is 0 Å². The molecule has 2 unspecified atom stereocenters. The monoisotopic (exact) mass is 296 g/mol. The average Bonchev–Trinajstić information content (AvgIpc) is 2.95. The van der Waals surface area contributed by atoms with Crippen LogP contribution in [-0.2, 0) is 11.3 Å². The Hall–Kier alpha value is -1.04. The molecule has 2 aliphatic heterocycles. The number of hydrogen-bond donors (Lipinski definition) is 1. The van der Waals surface area contributed by atoms with Crippen molar-refractivity contribution in [3.8, 4) is 0 Å². The van der Waals surface area contributed by atoms with Gasteiger partial charge < -0.3 is 10.1 Å². The van der Waals surface area contributed by atoms with Gasteiger partial charge in [-0.1, -0.05) is 18.2 Å². The molecule has 0 amide bonds. The molecule has 0 spiro atoms. The number of fused-ring (bicyclic) bond motifs is 1. The van der Waals surface area contributed by atoms with Crippen molar-refractivity contribution in [3.63, 3.8) is 0 Å². The van der Waals surface area contributed by atoms with Crippen LogP contribution in [0.1, 0.15) is 30.4 Å². The van der Waals surface area contributed by atoms with Crippen LogP contribution < -0.4 is 5.32 Å². The van der Waals surface area contributed by atoms with Crippen LogP contribution in [0.3, 0.4) is 0 Å². The highest BCUT2D eigenvalue weighted by Crippen LogP contribution is 2.22. The molecule has 0 aliphatic carbocycles. The quantitative estimate of drug-likeness (QED) is 0.904. The summed E-state index contributed by atoms with van der Waals surface area (Å²) in [7, 11) is 0. The zero-order chi connectivity index (χ0) is 14.7. The molecule has 21 heavy (non-hydrogen) atoms. The molecule has 1 N–H and O–H groups in total. The first-order valence-corrected chi connectivity index (χ1v) is 7.66. The van der Waals surface area contributed by atoms with E-state index in [9.17, 15) is 8.78 Å². The fourth-order valence-electron chi connectivity index (χ4n) is 3.23. The molecule has 1 aromatic rings. The van der Waals surface area contributed by atoms with Crippen molar-refractivity contribution >= 4 is 0 Å². The van der Waals surface area contributed by atoms with Crippen molar-refractivity contribution in [1.82, 2.24) is 10.2 Å². The summed E-state index contributed by atoms with van der Waals surface area (Å²) < 4.78 is 31.1. The summed E-state index contributed by atoms with van der Waals surface area (Å²) in [6.07, 6.45) is 0.325. The zero-order valence-electron chi connectivity index (χ0n) is 12.1. The molecule has 0 bridgehead atoms. The van der Waals surface area contributed by atoms with Gasteiger partial charge >= 0.3 is 0 Å². The highest BCUT2D eigenvalue weighted by molar-refractivity contribution is 5.24. The van der Waals surface area contributed by atoms with E-state index in [0.717, 1.165) is 25.3 Å². The molecule has 5 heteroatoms. The van der Waals surface area contributed by atoms with Crippen LogP contribution in [0, 0.1) is 0 Å². The Labute approximate surface area is 124 Å². The Bertz CT molecular complexity index is 469. The minimum absolute atomic E-state index is 0.0862. The molecule has 2 aliphatic rings. The highest BCUT2D eigenvalue weighted by Gasteiger charge is 2.31. The minimum atomic E-state index is -2.40. The van der Waals surface area contributed by atoms with Crippen LogP contribution in [0.5, 0.6) is 0 Å². The Morgan fingerprint density at radius 3 is 3.14 bits per heavy atom. The molecular formula is C16H22F2N2O. The van der Waals surface area contributed by atoms with E-state index in [2.05, 4.69) is 10.2 Å². The number of hydrogen-bond acceptors (Lipinski definition) is 3. The van der Waals surface area contributed by atoms with Gasteiger partial charge in [0.1, 0.15) is 0 Å². The van der Waals surface area contributed by atoms with Crippen LogP contribution in [0.15, 0.2) is 24.3 Å². The molecule has 2 atom stereocenters. The summed E-state index contributed by atoms with van der Waals surface area (Å²) >= 11 is 0. The van der Waals surface area contributed by atoms with Crippen LogP contribution in [0.4, 0.5) is 8.78 Å². The maximum Gasteiger partial charge on any atom is 0.263 e.